The van der Waals surface area contributed by atoms with Crippen molar-refractivity contribution in [3.05, 3.63) is 12.2 Å². The fourth-order valence-electron chi connectivity index (χ4n) is 1.52. The first-order chi connectivity index (χ1) is 6.97. The Morgan fingerprint density at radius 3 is 2.00 bits per heavy atom. The minimum atomic E-state index is -0.360. The Morgan fingerprint density at radius 2 is 1.60 bits per heavy atom. The predicted molar refractivity (Wildman–Crippen MR) is 64.6 cm³/mol. The van der Waals surface area contributed by atoms with E-state index in [4.69, 9.17) is 5.11 Å². The summed E-state index contributed by atoms with van der Waals surface area (Å²) >= 11 is 0. The molecule has 0 saturated carbocycles. The van der Waals surface area contributed by atoms with Crippen LogP contribution in [0.1, 0.15) is 40.5 Å². The molecule has 0 aliphatic carbocycles. The second-order valence-corrected chi connectivity index (χ2v) is 4.90. The van der Waals surface area contributed by atoms with E-state index < -0.39 is 0 Å². The van der Waals surface area contributed by atoms with Crippen LogP contribution in [0.15, 0.2) is 12.2 Å². The summed E-state index contributed by atoms with van der Waals surface area (Å²) < 4.78 is 0. The van der Waals surface area contributed by atoms with Crippen molar-refractivity contribution in [1.29, 1.82) is 0 Å². The van der Waals surface area contributed by atoms with E-state index in [-0.39, 0.29) is 12.7 Å². The fraction of sp³-hybridized carbons (Fsp3) is 0.846. The summed E-state index contributed by atoms with van der Waals surface area (Å²) in [4.78, 5) is 0. The summed E-state index contributed by atoms with van der Waals surface area (Å²) in [7, 11) is 0. The molecule has 0 spiro atoms. The Kier molecular flexibility index (Phi) is 7.71. The van der Waals surface area contributed by atoms with Crippen LogP contribution in [0.5, 0.6) is 0 Å². The van der Waals surface area contributed by atoms with Gasteiger partial charge in [0, 0.05) is 6.61 Å². The molecule has 0 aromatic heterocycles. The van der Waals surface area contributed by atoms with E-state index in [0.29, 0.717) is 17.8 Å². The van der Waals surface area contributed by atoms with Crippen molar-refractivity contribution >= 4 is 0 Å². The smallest absolute Gasteiger partial charge is 0.0692 e. The molecular formula is C13H26O2. The van der Waals surface area contributed by atoms with Gasteiger partial charge in [-0.25, -0.2) is 0 Å². The first-order valence-electron chi connectivity index (χ1n) is 5.94. The Labute approximate surface area is 94.0 Å². The van der Waals surface area contributed by atoms with Gasteiger partial charge in [-0.1, -0.05) is 32.9 Å². The van der Waals surface area contributed by atoms with Crippen molar-refractivity contribution in [2.45, 2.75) is 46.6 Å². The number of aliphatic hydroxyl groups is 2. The van der Waals surface area contributed by atoms with Gasteiger partial charge in [-0.3, -0.25) is 0 Å². The number of rotatable bonds is 7. The van der Waals surface area contributed by atoms with E-state index in [2.05, 4.69) is 26.8 Å². The van der Waals surface area contributed by atoms with E-state index in [0.717, 1.165) is 12.8 Å². The molecule has 2 nitrogen and oxygen atoms in total. The molecule has 2 heteroatoms. The number of allylic oxidation sites excluding steroid dienone is 1. The number of hydrogen-bond donors (Lipinski definition) is 2. The molecular weight excluding hydrogens is 188 g/mol. The first-order valence-corrected chi connectivity index (χ1v) is 5.94. The molecule has 90 valence electrons. The average molecular weight is 214 g/mol. The summed E-state index contributed by atoms with van der Waals surface area (Å²) in [6, 6.07) is 0. The highest BCUT2D eigenvalue weighted by Gasteiger charge is 2.11. The molecule has 0 aliphatic rings. The third-order valence-electron chi connectivity index (χ3n) is 2.80. The molecule has 0 saturated heterocycles. The third kappa shape index (κ3) is 7.57. The lowest BCUT2D eigenvalue weighted by molar-refractivity contribution is 0.219. The number of hydrogen-bond acceptors (Lipinski definition) is 2. The summed E-state index contributed by atoms with van der Waals surface area (Å²) in [5, 5.41) is 18.1. The lowest BCUT2D eigenvalue weighted by atomic mass is 9.88. The van der Waals surface area contributed by atoms with E-state index in [1.165, 1.54) is 0 Å². The Morgan fingerprint density at radius 1 is 1.00 bits per heavy atom. The van der Waals surface area contributed by atoms with Gasteiger partial charge in [0.05, 0.1) is 6.10 Å². The van der Waals surface area contributed by atoms with Crippen LogP contribution in [0.2, 0.25) is 0 Å². The molecule has 0 aromatic carbocycles. The molecule has 0 rings (SSSR count). The second-order valence-electron chi connectivity index (χ2n) is 4.90. The molecule has 3 atom stereocenters. The first kappa shape index (κ1) is 14.7. The normalized spacial score (nSPS) is 18.3. The van der Waals surface area contributed by atoms with Gasteiger partial charge in [0.15, 0.2) is 0 Å². The van der Waals surface area contributed by atoms with Crippen molar-refractivity contribution in [3.63, 3.8) is 0 Å². The van der Waals surface area contributed by atoms with Gasteiger partial charge in [-0.15, -0.1) is 0 Å². The van der Waals surface area contributed by atoms with E-state index >= 15 is 0 Å². The maximum atomic E-state index is 9.18. The van der Waals surface area contributed by atoms with Crippen LogP contribution in [-0.4, -0.2) is 22.9 Å². The van der Waals surface area contributed by atoms with Crippen molar-refractivity contribution in [1.82, 2.24) is 0 Å². The second kappa shape index (κ2) is 7.89. The highest BCUT2D eigenvalue weighted by atomic mass is 16.3. The summed E-state index contributed by atoms with van der Waals surface area (Å²) in [5.74, 6) is 1.48. The summed E-state index contributed by atoms with van der Waals surface area (Å²) in [6.07, 6.45) is 5.74. The summed E-state index contributed by atoms with van der Waals surface area (Å²) in [6.45, 7) is 8.49. The lowest BCUT2D eigenvalue weighted by Gasteiger charge is -2.19. The predicted octanol–water partition coefficient (Wildman–Crippen LogP) is 2.60. The van der Waals surface area contributed by atoms with Crippen LogP contribution in [-0.2, 0) is 0 Å². The van der Waals surface area contributed by atoms with Gasteiger partial charge < -0.3 is 10.2 Å². The maximum Gasteiger partial charge on any atom is 0.0692 e. The van der Waals surface area contributed by atoms with Crippen LogP contribution >= 0.6 is 0 Å². The SMILES string of the molecule is CC(O)C=CC(CCC(C)CO)C(C)C. The minimum absolute atomic E-state index is 0.269. The van der Waals surface area contributed by atoms with Crippen LogP contribution in [0.25, 0.3) is 0 Å². The van der Waals surface area contributed by atoms with Crippen LogP contribution in [0, 0.1) is 17.8 Å². The molecule has 0 fully saturated rings. The highest BCUT2D eigenvalue weighted by molar-refractivity contribution is 4.93. The molecule has 2 N–H and O–H groups in total. The molecule has 0 aromatic rings. The lowest BCUT2D eigenvalue weighted by Crippen LogP contribution is -2.10. The van der Waals surface area contributed by atoms with Gasteiger partial charge in [-0.2, -0.15) is 0 Å². The molecule has 15 heavy (non-hydrogen) atoms. The van der Waals surface area contributed by atoms with Crippen molar-refractivity contribution in [2.24, 2.45) is 17.8 Å². The van der Waals surface area contributed by atoms with Gasteiger partial charge >= 0.3 is 0 Å². The quantitative estimate of drug-likeness (QED) is 0.640. The standard InChI is InChI=1S/C13H26O2/c1-10(2)13(8-6-12(4)15)7-5-11(3)9-14/h6,8,10-15H,5,7,9H2,1-4H3. The topological polar surface area (TPSA) is 40.5 Å². The van der Waals surface area contributed by atoms with E-state index in [9.17, 15) is 5.11 Å². The number of aliphatic hydroxyl groups excluding tert-OH is 2. The van der Waals surface area contributed by atoms with E-state index in [1.54, 1.807) is 6.92 Å². The van der Waals surface area contributed by atoms with Crippen molar-refractivity contribution in [3.8, 4) is 0 Å². The van der Waals surface area contributed by atoms with Gasteiger partial charge in [-0.05, 0) is 37.5 Å². The van der Waals surface area contributed by atoms with E-state index in [1.807, 2.05) is 6.08 Å². The van der Waals surface area contributed by atoms with Crippen LogP contribution in [0.4, 0.5) is 0 Å². The van der Waals surface area contributed by atoms with Gasteiger partial charge in [0.1, 0.15) is 0 Å². The molecule has 0 amide bonds. The van der Waals surface area contributed by atoms with Gasteiger partial charge in [0.2, 0.25) is 0 Å². The Bertz CT molecular complexity index is 173. The zero-order chi connectivity index (χ0) is 11.8. The molecule has 3 unspecified atom stereocenters. The molecule has 0 aliphatic heterocycles. The average Bonchev–Trinajstić information content (AvgIpc) is 2.16. The maximum absolute atomic E-state index is 9.18. The molecule has 0 radical (unpaired) electrons. The van der Waals surface area contributed by atoms with Crippen molar-refractivity contribution in [2.75, 3.05) is 6.61 Å². The fourth-order valence-corrected chi connectivity index (χ4v) is 1.52. The highest BCUT2D eigenvalue weighted by Crippen LogP contribution is 2.21. The largest absolute Gasteiger partial charge is 0.396 e. The van der Waals surface area contributed by atoms with Gasteiger partial charge in [0.25, 0.3) is 0 Å². The van der Waals surface area contributed by atoms with Crippen LogP contribution < -0.4 is 0 Å². The summed E-state index contributed by atoms with van der Waals surface area (Å²) in [5.41, 5.74) is 0. The van der Waals surface area contributed by atoms with Crippen LogP contribution in [0.3, 0.4) is 0 Å². The zero-order valence-corrected chi connectivity index (χ0v) is 10.5. The minimum Gasteiger partial charge on any atom is -0.396 e. The molecule has 0 bridgehead atoms. The molecule has 0 heterocycles. The Balaban J connectivity index is 4.05. The Hall–Kier alpha value is -0.340. The third-order valence-corrected chi connectivity index (χ3v) is 2.80. The van der Waals surface area contributed by atoms with Crippen molar-refractivity contribution < 1.29 is 10.2 Å². The monoisotopic (exact) mass is 214 g/mol. The zero-order valence-electron chi connectivity index (χ0n) is 10.5.